The van der Waals surface area contributed by atoms with E-state index in [2.05, 4.69) is 36.5 Å². The highest BCUT2D eigenvalue weighted by Crippen LogP contribution is 2.17. The molecule has 0 aromatic heterocycles. The number of rotatable bonds is 5. The molecule has 0 saturated heterocycles. The van der Waals surface area contributed by atoms with Crippen molar-refractivity contribution in [2.45, 2.75) is 70.8 Å². The van der Waals surface area contributed by atoms with Gasteiger partial charge in [-0.1, -0.05) is 56.9 Å². The van der Waals surface area contributed by atoms with Gasteiger partial charge in [0.15, 0.2) is 0 Å². The molecule has 1 amide bonds. The van der Waals surface area contributed by atoms with Gasteiger partial charge in [0, 0.05) is 12.5 Å². The van der Waals surface area contributed by atoms with E-state index in [1.54, 1.807) is 0 Å². The van der Waals surface area contributed by atoms with Gasteiger partial charge in [-0.25, -0.2) is 0 Å². The fourth-order valence-electron chi connectivity index (χ4n) is 2.92. The van der Waals surface area contributed by atoms with E-state index in [-0.39, 0.29) is 5.91 Å². The molecule has 1 saturated carbocycles. The third-order valence-corrected chi connectivity index (χ3v) is 4.29. The lowest BCUT2D eigenvalue weighted by molar-refractivity contribution is -0.121. The SMILES string of the molecule is CCc1ccc(CCC(=O)NC2CCCCCC2)cc1. The molecule has 0 atom stereocenters. The fraction of sp³-hybridized carbons (Fsp3) is 0.611. The summed E-state index contributed by atoms with van der Waals surface area (Å²) in [5.41, 5.74) is 2.62. The average molecular weight is 273 g/mol. The summed E-state index contributed by atoms with van der Waals surface area (Å²) in [5, 5.41) is 3.21. The van der Waals surface area contributed by atoms with Gasteiger partial charge in [0.2, 0.25) is 5.91 Å². The van der Waals surface area contributed by atoms with Crippen LogP contribution in [0, 0.1) is 0 Å². The number of aryl methyl sites for hydroxylation is 2. The summed E-state index contributed by atoms with van der Waals surface area (Å²) >= 11 is 0. The topological polar surface area (TPSA) is 29.1 Å². The number of hydrogen-bond acceptors (Lipinski definition) is 1. The number of carbonyl (C=O) groups excluding carboxylic acids is 1. The summed E-state index contributed by atoms with van der Waals surface area (Å²) in [7, 11) is 0. The second-order valence-corrected chi connectivity index (χ2v) is 5.93. The summed E-state index contributed by atoms with van der Waals surface area (Å²) in [4.78, 5) is 12.0. The first-order valence-corrected chi connectivity index (χ1v) is 8.15. The molecule has 1 N–H and O–H groups in total. The predicted octanol–water partition coefficient (Wildman–Crippen LogP) is 4.02. The first-order valence-electron chi connectivity index (χ1n) is 8.15. The van der Waals surface area contributed by atoms with Gasteiger partial charge >= 0.3 is 0 Å². The van der Waals surface area contributed by atoms with Crippen molar-refractivity contribution in [3.63, 3.8) is 0 Å². The minimum absolute atomic E-state index is 0.219. The van der Waals surface area contributed by atoms with Crippen molar-refractivity contribution in [1.82, 2.24) is 5.32 Å². The average Bonchev–Trinajstić information content (AvgIpc) is 2.74. The smallest absolute Gasteiger partial charge is 0.220 e. The standard InChI is InChI=1S/C18H27NO/c1-2-15-9-11-16(12-10-15)13-14-18(20)19-17-7-5-3-4-6-8-17/h9-12,17H,2-8,13-14H2,1H3,(H,19,20). The highest BCUT2D eigenvalue weighted by Gasteiger charge is 2.14. The maximum absolute atomic E-state index is 12.0. The Labute approximate surface area is 123 Å². The molecular formula is C18H27NO. The lowest BCUT2D eigenvalue weighted by atomic mass is 10.1. The van der Waals surface area contributed by atoms with Crippen molar-refractivity contribution in [2.75, 3.05) is 0 Å². The molecule has 1 aromatic carbocycles. The first-order chi connectivity index (χ1) is 9.78. The molecule has 1 aromatic rings. The molecule has 2 heteroatoms. The van der Waals surface area contributed by atoms with Crippen LogP contribution in [0.1, 0.15) is 63.0 Å². The summed E-state index contributed by atoms with van der Waals surface area (Å²) in [6, 6.07) is 9.06. The second-order valence-electron chi connectivity index (χ2n) is 5.93. The van der Waals surface area contributed by atoms with Gasteiger partial charge in [-0.15, -0.1) is 0 Å². The number of benzene rings is 1. The third-order valence-electron chi connectivity index (χ3n) is 4.29. The van der Waals surface area contributed by atoms with E-state index in [4.69, 9.17) is 0 Å². The van der Waals surface area contributed by atoms with Crippen LogP contribution in [0.2, 0.25) is 0 Å². The molecule has 0 unspecified atom stereocenters. The zero-order valence-electron chi connectivity index (χ0n) is 12.7. The fourth-order valence-corrected chi connectivity index (χ4v) is 2.92. The number of amides is 1. The van der Waals surface area contributed by atoms with Gasteiger partial charge in [0.1, 0.15) is 0 Å². The van der Waals surface area contributed by atoms with Gasteiger partial charge < -0.3 is 5.32 Å². The maximum atomic E-state index is 12.0. The molecule has 2 rings (SSSR count). The summed E-state index contributed by atoms with van der Waals surface area (Å²) in [6.07, 6.45) is 10.1. The highest BCUT2D eigenvalue weighted by molar-refractivity contribution is 5.76. The van der Waals surface area contributed by atoms with E-state index >= 15 is 0 Å². The molecule has 0 heterocycles. The van der Waals surface area contributed by atoms with E-state index in [1.165, 1.54) is 36.8 Å². The Kier molecular flexibility index (Phi) is 6.10. The zero-order valence-corrected chi connectivity index (χ0v) is 12.7. The van der Waals surface area contributed by atoms with Crippen molar-refractivity contribution in [3.05, 3.63) is 35.4 Å². The molecule has 0 spiro atoms. The van der Waals surface area contributed by atoms with Crippen LogP contribution in [-0.2, 0) is 17.6 Å². The first kappa shape index (κ1) is 15.1. The van der Waals surface area contributed by atoms with Crippen molar-refractivity contribution >= 4 is 5.91 Å². The molecule has 110 valence electrons. The highest BCUT2D eigenvalue weighted by atomic mass is 16.1. The van der Waals surface area contributed by atoms with Crippen molar-refractivity contribution in [2.24, 2.45) is 0 Å². The quantitative estimate of drug-likeness (QED) is 0.807. The van der Waals surface area contributed by atoms with E-state index in [9.17, 15) is 4.79 Å². The van der Waals surface area contributed by atoms with Crippen LogP contribution in [0.3, 0.4) is 0 Å². The van der Waals surface area contributed by atoms with Crippen LogP contribution >= 0.6 is 0 Å². The summed E-state index contributed by atoms with van der Waals surface area (Å²) in [5.74, 6) is 0.219. The monoisotopic (exact) mass is 273 g/mol. The van der Waals surface area contributed by atoms with Crippen molar-refractivity contribution in [3.8, 4) is 0 Å². The largest absolute Gasteiger partial charge is 0.353 e. The van der Waals surface area contributed by atoms with Gasteiger partial charge in [0.05, 0.1) is 0 Å². The van der Waals surface area contributed by atoms with Gasteiger partial charge in [-0.2, -0.15) is 0 Å². The van der Waals surface area contributed by atoms with E-state index in [1.807, 2.05) is 0 Å². The molecule has 0 radical (unpaired) electrons. The van der Waals surface area contributed by atoms with Gasteiger partial charge in [-0.3, -0.25) is 4.79 Å². The second kappa shape index (κ2) is 8.08. The number of hydrogen-bond donors (Lipinski definition) is 1. The van der Waals surface area contributed by atoms with Crippen LogP contribution in [0.15, 0.2) is 24.3 Å². The molecule has 1 aliphatic carbocycles. The lowest BCUT2D eigenvalue weighted by Gasteiger charge is -2.16. The number of carbonyl (C=O) groups is 1. The summed E-state index contributed by atoms with van der Waals surface area (Å²) < 4.78 is 0. The predicted molar refractivity (Wildman–Crippen MR) is 83.8 cm³/mol. The van der Waals surface area contributed by atoms with Crippen molar-refractivity contribution in [1.29, 1.82) is 0 Å². The Morgan fingerprint density at radius 3 is 2.25 bits per heavy atom. The number of nitrogens with one attached hydrogen (secondary N) is 1. The van der Waals surface area contributed by atoms with Gasteiger partial charge in [0.25, 0.3) is 0 Å². The molecular weight excluding hydrogens is 246 g/mol. The Bertz CT molecular complexity index is 402. The molecule has 1 fully saturated rings. The Morgan fingerprint density at radius 1 is 1.05 bits per heavy atom. The van der Waals surface area contributed by atoms with E-state index in [0.29, 0.717) is 12.5 Å². The van der Waals surface area contributed by atoms with E-state index < -0.39 is 0 Å². The van der Waals surface area contributed by atoms with Crippen LogP contribution in [0.4, 0.5) is 0 Å². The summed E-state index contributed by atoms with van der Waals surface area (Å²) in [6.45, 7) is 2.16. The zero-order chi connectivity index (χ0) is 14.2. The van der Waals surface area contributed by atoms with Crippen LogP contribution in [0.25, 0.3) is 0 Å². The normalized spacial score (nSPS) is 16.6. The molecule has 0 aliphatic heterocycles. The Balaban J connectivity index is 1.73. The molecule has 20 heavy (non-hydrogen) atoms. The molecule has 0 bridgehead atoms. The molecule has 2 nitrogen and oxygen atoms in total. The lowest BCUT2D eigenvalue weighted by Crippen LogP contribution is -2.34. The third kappa shape index (κ3) is 4.99. The minimum Gasteiger partial charge on any atom is -0.353 e. The van der Waals surface area contributed by atoms with Crippen LogP contribution in [-0.4, -0.2) is 11.9 Å². The maximum Gasteiger partial charge on any atom is 0.220 e. The van der Waals surface area contributed by atoms with Crippen molar-refractivity contribution < 1.29 is 4.79 Å². The minimum atomic E-state index is 0.219. The van der Waals surface area contributed by atoms with Crippen LogP contribution in [0.5, 0.6) is 0 Å². The van der Waals surface area contributed by atoms with Gasteiger partial charge in [-0.05, 0) is 36.8 Å². The Morgan fingerprint density at radius 2 is 1.65 bits per heavy atom. The van der Waals surface area contributed by atoms with E-state index in [0.717, 1.165) is 25.7 Å². The van der Waals surface area contributed by atoms with Crippen LogP contribution < -0.4 is 5.32 Å². The molecule has 1 aliphatic rings. The Hall–Kier alpha value is -1.31.